The number of rotatable bonds is 3. The summed E-state index contributed by atoms with van der Waals surface area (Å²) in [5.41, 5.74) is -0.166. The van der Waals surface area contributed by atoms with Gasteiger partial charge in [0.1, 0.15) is 24.1 Å². The zero-order chi connectivity index (χ0) is 13.1. The van der Waals surface area contributed by atoms with E-state index in [2.05, 4.69) is 5.32 Å². The van der Waals surface area contributed by atoms with Crippen LogP contribution in [-0.4, -0.2) is 42.9 Å². The van der Waals surface area contributed by atoms with Crippen molar-refractivity contribution >= 4 is 24.8 Å². The van der Waals surface area contributed by atoms with Crippen LogP contribution in [-0.2, 0) is 0 Å². The summed E-state index contributed by atoms with van der Waals surface area (Å²) in [6.07, 6.45) is 0. The number of hydrogen-bond donors (Lipinski definition) is 2. The molecular formula is C12H17Cl2F3N2O. The number of hydrogen-bond acceptors (Lipinski definition) is 3. The lowest BCUT2D eigenvalue weighted by Crippen LogP contribution is -2.45. The summed E-state index contributed by atoms with van der Waals surface area (Å²) in [5.74, 6) is -2.31. The first-order valence-electron chi connectivity index (χ1n) is 5.82. The molecular weight excluding hydrogens is 316 g/mol. The zero-order valence-electron chi connectivity index (χ0n) is 10.6. The molecule has 0 aliphatic carbocycles. The largest absolute Gasteiger partial charge is 0.507 e. The highest BCUT2D eigenvalue weighted by Crippen LogP contribution is 2.32. The van der Waals surface area contributed by atoms with Crippen molar-refractivity contribution in [2.75, 3.05) is 32.9 Å². The van der Waals surface area contributed by atoms with Crippen LogP contribution in [0, 0.1) is 11.6 Å². The van der Waals surface area contributed by atoms with E-state index in [1.807, 2.05) is 0 Å². The fourth-order valence-corrected chi connectivity index (χ4v) is 2.25. The van der Waals surface area contributed by atoms with Gasteiger partial charge in [-0.05, 0) is 0 Å². The molecule has 0 saturated carbocycles. The second kappa shape index (κ2) is 8.56. The number of nitrogens with zero attached hydrogens (tertiary/aromatic N) is 1. The number of phenolic OH excluding ortho intramolecular Hbond substituents is 1. The summed E-state index contributed by atoms with van der Waals surface area (Å²) in [6, 6.07) is 0.608. The Labute approximate surface area is 128 Å². The number of phenols is 1. The summed E-state index contributed by atoms with van der Waals surface area (Å²) >= 11 is 0. The molecule has 1 aromatic carbocycles. The molecule has 0 bridgehead atoms. The van der Waals surface area contributed by atoms with Gasteiger partial charge in [-0.15, -0.1) is 24.8 Å². The van der Waals surface area contributed by atoms with Crippen LogP contribution in [0.4, 0.5) is 13.2 Å². The lowest BCUT2D eigenvalue weighted by molar-refractivity contribution is 0.142. The van der Waals surface area contributed by atoms with Gasteiger partial charge < -0.3 is 10.4 Å². The molecule has 2 N–H and O–H groups in total. The number of piperazine rings is 1. The van der Waals surface area contributed by atoms with Crippen LogP contribution in [0.25, 0.3) is 0 Å². The zero-order valence-corrected chi connectivity index (χ0v) is 12.2. The van der Waals surface area contributed by atoms with E-state index in [0.29, 0.717) is 32.2 Å². The van der Waals surface area contributed by atoms with E-state index in [4.69, 9.17) is 0 Å². The van der Waals surface area contributed by atoms with Crippen LogP contribution in [0.5, 0.6) is 5.75 Å². The van der Waals surface area contributed by atoms with Crippen molar-refractivity contribution in [1.82, 2.24) is 10.2 Å². The van der Waals surface area contributed by atoms with Crippen LogP contribution in [0.1, 0.15) is 11.6 Å². The van der Waals surface area contributed by atoms with Gasteiger partial charge >= 0.3 is 0 Å². The molecule has 20 heavy (non-hydrogen) atoms. The van der Waals surface area contributed by atoms with Crippen molar-refractivity contribution in [2.45, 2.75) is 6.04 Å². The van der Waals surface area contributed by atoms with Crippen LogP contribution >= 0.6 is 24.8 Å². The van der Waals surface area contributed by atoms with Crippen LogP contribution < -0.4 is 5.32 Å². The minimum absolute atomic E-state index is 0. The molecule has 1 fully saturated rings. The van der Waals surface area contributed by atoms with Crippen LogP contribution in [0.2, 0.25) is 0 Å². The molecule has 1 aromatic rings. The van der Waals surface area contributed by atoms with Crippen LogP contribution in [0.15, 0.2) is 12.1 Å². The van der Waals surface area contributed by atoms with E-state index in [1.54, 1.807) is 4.90 Å². The highest BCUT2D eigenvalue weighted by molar-refractivity contribution is 5.85. The van der Waals surface area contributed by atoms with E-state index in [-0.39, 0.29) is 30.4 Å². The number of halogens is 5. The number of aromatic hydroxyl groups is 1. The van der Waals surface area contributed by atoms with E-state index in [9.17, 15) is 18.3 Å². The Morgan fingerprint density at radius 3 is 2.30 bits per heavy atom. The van der Waals surface area contributed by atoms with Gasteiger partial charge in [-0.2, -0.15) is 0 Å². The van der Waals surface area contributed by atoms with Crippen molar-refractivity contribution in [2.24, 2.45) is 0 Å². The second-order valence-corrected chi connectivity index (χ2v) is 4.28. The third-order valence-electron chi connectivity index (χ3n) is 3.14. The molecule has 1 heterocycles. The van der Waals surface area contributed by atoms with Crippen molar-refractivity contribution in [3.63, 3.8) is 0 Å². The highest BCUT2D eigenvalue weighted by atomic mass is 35.5. The van der Waals surface area contributed by atoms with Crippen molar-refractivity contribution < 1.29 is 18.3 Å². The Morgan fingerprint density at radius 2 is 1.80 bits per heavy atom. The van der Waals surface area contributed by atoms with Gasteiger partial charge in [0.2, 0.25) is 0 Å². The fourth-order valence-electron chi connectivity index (χ4n) is 2.25. The minimum Gasteiger partial charge on any atom is -0.507 e. The predicted octanol–water partition coefficient (Wildman–Crippen LogP) is 2.43. The molecule has 116 valence electrons. The van der Waals surface area contributed by atoms with E-state index >= 15 is 0 Å². The summed E-state index contributed by atoms with van der Waals surface area (Å²) in [5, 5.41) is 12.7. The molecule has 0 amide bonds. The van der Waals surface area contributed by atoms with Gasteiger partial charge in [-0.3, -0.25) is 4.90 Å². The summed E-state index contributed by atoms with van der Waals surface area (Å²) in [7, 11) is 0. The van der Waals surface area contributed by atoms with Gasteiger partial charge in [0.15, 0.2) is 0 Å². The first kappa shape index (κ1) is 19.3. The van der Waals surface area contributed by atoms with E-state index in [0.717, 1.165) is 6.07 Å². The maximum Gasteiger partial charge on any atom is 0.134 e. The Morgan fingerprint density at radius 1 is 1.20 bits per heavy atom. The lowest BCUT2D eigenvalue weighted by Gasteiger charge is -2.34. The monoisotopic (exact) mass is 332 g/mol. The number of benzene rings is 1. The van der Waals surface area contributed by atoms with Crippen LogP contribution in [0.3, 0.4) is 0 Å². The Balaban J connectivity index is 0.00000180. The minimum atomic E-state index is -0.909. The molecule has 1 saturated heterocycles. The maximum atomic E-state index is 13.7. The SMILES string of the molecule is Cl.Cl.Oc1cc(F)cc(F)c1[C@@H](CF)N1CCNCC1. The average molecular weight is 333 g/mol. The van der Waals surface area contributed by atoms with Gasteiger partial charge in [-0.25, -0.2) is 13.2 Å². The molecule has 0 unspecified atom stereocenters. The number of nitrogens with one attached hydrogen (secondary N) is 1. The third kappa shape index (κ3) is 4.15. The summed E-state index contributed by atoms with van der Waals surface area (Å²) in [6.45, 7) is 1.66. The van der Waals surface area contributed by atoms with Crippen molar-refractivity contribution in [3.8, 4) is 5.75 Å². The normalized spacial score (nSPS) is 16.9. The first-order valence-corrected chi connectivity index (χ1v) is 5.82. The predicted molar refractivity (Wildman–Crippen MR) is 75.7 cm³/mol. The highest BCUT2D eigenvalue weighted by Gasteiger charge is 2.27. The fraction of sp³-hybridized carbons (Fsp3) is 0.500. The standard InChI is InChI=1S/C12H15F3N2O.2ClH/c13-7-10(17-3-1-16-2-4-17)12-9(15)5-8(14)6-11(12)18;;/h5-6,10,16,18H,1-4,7H2;2*1H/t10-;;/m1../s1. The molecule has 0 aromatic heterocycles. The third-order valence-corrected chi connectivity index (χ3v) is 3.14. The Bertz CT molecular complexity index is 408. The maximum absolute atomic E-state index is 13.7. The lowest BCUT2D eigenvalue weighted by atomic mass is 10.0. The smallest absolute Gasteiger partial charge is 0.134 e. The van der Waals surface area contributed by atoms with Gasteiger partial charge in [0.05, 0.1) is 6.04 Å². The molecule has 1 atom stereocenters. The molecule has 8 heteroatoms. The molecule has 0 radical (unpaired) electrons. The van der Waals surface area contributed by atoms with E-state index in [1.165, 1.54) is 0 Å². The van der Waals surface area contributed by atoms with E-state index < -0.39 is 30.1 Å². The van der Waals surface area contributed by atoms with Gasteiger partial charge in [0.25, 0.3) is 0 Å². The first-order chi connectivity index (χ1) is 8.63. The molecule has 1 aliphatic heterocycles. The summed E-state index contributed by atoms with van der Waals surface area (Å²) in [4.78, 5) is 1.74. The Kier molecular flexibility index (Phi) is 8.27. The average Bonchev–Trinajstić information content (AvgIpc) is 2.34. The van der Waals surface area contributed by atoms with Gasteiger partial charge in [-0.1, -0.05) is 0 Å². The second-order valence-electron chi connectivity index (χ2n) is 4.28. The molecule has 1 aliphatic rings. The Hall–Kier alpha value is -0.690. The van der Waals surface area contributed by atoms with Crippen molar-refractivity contribution in [3.05, 3.63) is 29.3 Å². The quantitative estimate of drug-likeness (QED) is 0.892. The summed E-state index contributed by atoms with van der Waals surface area (Å²) < 4.78 is 39.7. The molecule has 3 nitrogen and oxygen atoms in total. The number of alkyl halides is 1. The van der Waals surface area contributed by atoms with Gasteiger partial charge in [0, 0.05) is 43.9 Å². The molecule has 2 rings (SSSR count). The van der Waals surface area contributed by atoms with Crippen molar-refractivity contribution in [1.29, 1.82) is 0 Å². The topological polar surface area (TPSA) is 35.5 Å². The molecule has 0 spiro atoms.